The van der Waals surface area contributed by atoms with Gasteiger partial charge in [0, 0.05) is 16.3 Å². The van der Waals surface area contributed by atoms with Gasteiger partial charge in [0.25, 0.3) is 5.91 Å². The van der Waals surface area contributed by atoms with E-state index in [0.29, 0.717) is 22.4 Å². The molecular weight excluding hydrogens is 400 g/mol. The predicted octanol–water partition coefficient (Wildman–Crippen LogP) is 6.09. The van der Waals surface area contributed by atoms with Crippen LogP contribution in [0.15, 0.2) is 59.0 Å². The van der Waals surface area contributed by atoms with Gasteiger partial charge in [-0.2, -0.15) is 0 Å². The summed E-state index contributed by atoms with van der Waals surface area (Å²) in [5.74, 6) is 0.856. The zero-order chi connectivity index (χ0) is 21.3. The third kappa shape index (κ3) is 4.31. The molecule has 0 unspecified atom stereocenters. The van der Waals surface area contributed by atoms with Crippen molar-refractivity contribution in [2.45, 2.75) is 20.8 Å². The largest absolute Gasteiger partial charge is 0.484 e. The van der Waals surface area contributed by atoms with Crippen LogP contribution in [-0.2, 0) is 4.79 Å². The van der Waals surface area contributed by atoms with Crippen LogP contribution in [0.4, 0.5) is 5.69 Å². The molecule has 0 saturated heterocycles. The highest BCUT2D eigenvalue weighted by atomic mass is 35.5. The molecule has 0 saturated carbocycles. The SMILES string of the molecule is Cc1ccc2oc(-c3ccc(C)c(NC(=O)COc4ccc(Cl)c(C)c4)c3)nc2c1. The van der Waals surface area contributed by atoms with Gasteiger partial charge in [-0.05, 0) is 79.9 Å². The number of benzene rings is 3. The monoisotopic (exact) mass is 420 g/mol. The van der Waals surface area contributed by atoms with E-state index in [9.17, 15) is 4.79 Å². The van der Waals surface area contributed by atoms with Crippen molar-refractivity contribution in [2.75, 3.05) is 11.9 Å². The maximum absolute atomic E-state index is 12.4. The van der Waals surface area contributed by atoms with Crippen LogP contribution in [0.1, 0.15) is 16.7 Å². The minimum atomic E-state index is -0.254. The van der Waals surface area contributed by atoms with Gasteiger partial charge in [0.2, 0.25) is 5.89 Å². The number of carbonyl (C=O) groups excluding carboxylic acids is 1. The van der Waals surface area contributed by atoms with Crippen molar-refractivity contribution in [1.82, 2.24) is 4.98 Å². The quantitative estimate of drug-likeness (QED) is 0.424. The van der Waals surface area contributed by atoms with Crippen molar-refractivity contribution in [3.8, 4) is 17.2 Å². The molecular formula is C24H21ClN2O3. The minimum absolute atomic E-state index is 0.104. The van der Waals surface area contributed by atoms with Gasteiger partial charge in [0.05, 0.1) is 0 Å². The first-order chi connectivity index (χ1) is 14.4. The number of aromatic nitrogens is 1. The number of nitrogens with zero attached hydrogens (tertiary/aromatic N) is 1. The van der Waals surface area contributed by atoms with E-state index in [4.69, 9.17) is 20.8 Å². The molecule has 1 N–H and O–H groups in total. The van der Waals surface area contributed by atoms with Gasteiger partial charge in [-0.15, -0.1) is 0 Å². The van der Waals surface area contributed by atoms with Crippen LogP contribution < -0.4 is 10.1 Å². The summed E-state index contributed by atoms with van der Waals surface area (Å²) in [6.45, 7) is 5.73. The lowest BCUT2D eigenvalue weighted by Gasteiger charge is -2.11. The van der Waals surface area contributed by atoms with Gasteiger partial charge in [-0.1, -0.05) is 23.7 Å². The summed E-state index contributed by atoms with van der Waals surface area (Å²) in [5.41, 5.74) is 5.96. The summed E-state index contributed by atoms with van der Waals surface area (Å²) in [6.07, 6.45) is 0. The number of hydrogen-bond acceptors (Lipinski definition) is 4. The first kappa shape index (κ1) is 20.0. The van der Waals surface area contributed by atoms with Crippen molar-refractivity contribution >= 4 is 34.3 Å². The van der Waals surface area contributed by atoms with Gasteiger partial charge in [0.1, 0.15) is 11.3 Å². The average Bonchev–Trinajstić information content (AvgIpc) is 3.13. The first-order valence-electron chi connectivity index (χ1n) is 9.56. The molecule has 0 atom stereocenters. The Morgan fingerprint density at radius 2 is 1.87 bits per heavy atom. The number of aryl methyl sites for hydroxylation is 3. The fraction of sp³-hybridized carbons (Fsp3) is 0.167. The number of nitrogens with one attached hydrogen (secondary N) is 1. The van der Waals surface area contributed by atoms with Crippen molar-refractivity contribution in [3.05, 3.63) is 76.3 Å². The van der Waals surface area contributed by atoms with Gasteiger partial charge < -0.3 is 14.5 Å². The maximum atomic E-state index is 12.4. The van der Waals surface area contributed by atoms with Crippen LogP contribution >= 0.6 is 11.6 Å². The van der Waals surface area contributed by atoms with Crippen LogP contribution in [0.2, 0.25) is 5.02 Å². The van der Waals surface area contributed by atoms with Crippen LogP contribution in [0.25, 0.3) is 22.6 Å². The Hall–Kier alpha value is -3.31. The third-order valence-corrected chi connectivity index (χ3v) is 5.23. The lowest BCUT2D eigenvalue weighted by molar-refractivity contribution is -0.118. The van der Waals surface area contributed by atoms with E-state index >= 15 is 0 Å². The smallest absolute Gasteiger partial charge is 0.262 e. The number of carbonyl (C=O) groups is 1. The van der Waals surface area contributed by atoms with Crippen LogP contribution in [0.3, 0.4) is 0 Å². The topological polar surface area (TPSA) is 64.4 Å². The first-order valence-corrected chi connectivity index (χ1v) is 9.94. The zero-order valence-corrected chi connectivity index (χ0v) is 17.7. The standard InChI is InChI=1S/C24H21ClN2O3/c1-14-4-9-22-21(10-14)27-24(30-22)17-6-5-15(2)20(12-17)26-23(28)13-29-18-7-8-19(25)16(3)11-18/h4-12H,13H2,1-3H3,(H,26,28). The zero-order valence-electron chi connectivity index (χ0n) is 17.0. The molecule has 4 rings (SSSR count). The predicted molar refractivity (Wildman–Crippen MR) is 119 cm³/mol. The Morgan fingerprint density at radius 3 is 2.67 bits per heavy atom. The molecule has 1 heterocycles. The maximum Gasteiger partial charge on any atom is 0.262 e. The van der Waals surface area contributed by atoms with Gasteiger partial charge in [-0.3, -0.25) is 4.79 Å². The summed E-state index contributed by atoms with van der Waals surface area (Å²) < 4.78 is 11.5. The molecule has 152 valence electrons. The Morgan fingerprint density at radius 1 is 1.03 bits per heavy atom. The van der Waals surface area contributed by atoms with E-state index in [1.165, 1.54) is 0 Å². The molecule has 0 aliphatic heterocycles. The van der Waals surface area contributed by atoms with Crippen molar-refractivity contribution in [3.63, 3.8) is 0 Å². The lowest BCUT2D eigenvalue weighted by atomic mass is 10.1. The third-order valence-electron chi connectivity index (χ3n) is 4.80. The van der Waals surface area contributed by atoms with Gasteiger partial charge >= 0.3 is 0 Å². The normalized spacial score (nSPS) is 10.9. The lowest BCUT2D eigenvalue weighted by Crippen LogP contribution is -2.20. The highest BCUT2D eigenvalue weighted by Gasteiger charge is 2.12. The fourth-order valence-electron chi connectivity index (χ4n) is 3.09. The number of hydrogen-bond donors (Lipinski definition) is 1. The van der Waals surface area contributed by atoms with E-state index in [2.05, 4.69) is 10.3 Å². The van der Waals surface area contributed by atoms with Crippen molar-refractivity contribution < 1.29 is 13.9 Å². The summed E-state index contributed by atoms with van der Waals surface area (Å²) in [5, 5.41) is 3.56. The van der Waals surface area contributed by atoms with Crippen LogP contribution in [-0.4, -0.2) is 17.5 Å². The van der Waals surface area contributed by atoms with Crippen molar-refractivity contribution in [2.24, 2.45) is 0 Å². The second-order valence-electron chi connectivity index (χ2n) is 7.27. The number of amides is 1. The molecule has 1 amide bonds. The molecule has 4 aromatic rings. The Balaban J connectivity index is 1.49. The molecule has 0 aliphatic carbocycles. The number of rotatable bonds is 5. The molecule has 6 heteroatoms. The number of halogens is 1. The molecule has 0 aliphatic rings. The van der Waals surface area contributed by atoms with Gasteiger partial charge in [0.15, 0.2) is 12.2 Å². The van der Waals surface area contributed by atoms with Crippen LogP contribution in [0, 0.1) is 20.8 Å². The molecule has 30 heavy (non-hydrogen) atoms. The molecule has 0 bridgehead atoms. The molecule has 0 radical (unpaired) electrons. The number of fused-ring (bicyclic) bond motifs is 1. The summed E-state index contributed by atoms with van der Waals surface area (Å²) >= 11 is 6.02. The van der Waals surface area contributed by atoms with E-state index in [0.717, 1.165) is 33.4 Å². The summed E-state index contributed by atoms with van der Waals surface area (Å²) in [7, 11) is 0. The minimum Gasteiger partial charge on any atom is -0.484 e. The summed E-state index contributed by atoms with van der Waals surface area (Å²) in [6, 6.07) is 16.9. The number of anilines is 1. The molecule has 3 aromatic carbocycles. The van der Waals surface area contributed by atoms with E-state index < -0.39 is 0 Å². The summed E-state index contributed by atoms with van der Waals surface area (Å²) in [4.78, 5) is 17.0. The number of oxazole rings is 1. The second-order valence-corrected chi connectivity index (χ2v) is 7.67. The Kier molecular flexibility index (Phi) is 5.46. The average molecular weight is 421 g/mol. The molecule has 5 nitrogen and oxygen atoms in total. The van der Waals surface area contributed by atoms with E-state index in [-0.39, 0.29) is 12.5 Å². The van der Waals surface area contributed by atoms with Crippen LogP contribution in [0.5, 0.6) is 5.75 Å². The molecule has 0 spiro atoms. The molecule has 1 aromatic heterocycles. The van der Waals surface area contributed by atoms with Crippen molar-refractivity contribution in [1.29, 1.82) is 0 Å². The van der Waals surface area contributed by atoms with E-state index in [1.807, 2.05) is 57.2 Å². The van der Waals surface area contributed by atoms with E-state index in [1.54, 1.807) is 18.2 Å². The van der Waals surface area contributed by atoms with Gasteiger partial charge in [-0.25, -0.2) is 4.98 Å². The highest BCUT2D eigenvalue weighted by molar-refractivity contribution is 6.31. The Labute approximate surface area is 179 Å². The fourth-order valence-corrected chi connectivity index (χ4v) is 3.21. The highest BCUT2D eigenvalue weighted by Crippen LogP contribution is 2.28. The molecule has 0 fully saturated rings. The Bertz CT molecular complexity index is 1250. The number of ether oxygens (including phenoxy) is 1. The second kappa shape index (κ2) is 8.20.